The third-order valence-electron chi connectivity index (χ3n) is 4.70. The maximum Gasteiger partial charge on any atom is 0.306 e. The second-order valence-corrected chi connectivity index (χ2v) is 6.64. The van der Waals surface area contributed by atoms with E-state index in [0.717, 1.165) is 30.6 Å². The van der Waals surface area contributed by atoms with Crippen molar-refractivity contribution in [1.29, 1.82) is 0 Å². The number of ether oxygens (including phenoxy) is 2. The van der Waals surface area contributed by atoms with Gasteiger partial charge < -0.3 is 20.5 Å². The maximum atomic E-state index is 11.8. The zero-order valence-electron chi connectivity index (χ0n) is 14.6. The molecule has 0 spiro atoms. The lowest BCUT2D eigenvalue weighted by atomic mass is 10.0. The van der Waals surface area contributed by atoms with Crippen LogP contribution in [0.5, 0.6) is 5.75 Å². The van der Waals surface area contributed by atoms with Gasteiger partial charge >= 0.3 is 5.97 Å². The number of hydrogen-bond donors (Lipinski definition) is 2. The highest BCUT2D eigenvalue weighted by atomic mass is 16.5. The molecule has 3 N–H and O–H groups in total. The van der Waals surface area contributed by atoms with Crippen LogP contribution >= 0.6 is 0 Å². The van der Waals surface area contributed by atoms with Gasteiger partial charge in [0, 0.05) is 24.9 Å². The van der Waals surface area contributed by atoms with E-state index < -0.39 is 0 Å². The van der Waals surface area contributed by atoms with Crippen molar-refractivity contribution < 1.29 is 14.3 Å². The Morgan fingerprint density at radius 1 is 1.28 bits per heavy atom. The molecule has 0 bridgehead atoms. The van der Waals surface area contributed by atoms with Crippen molar-refractivity contribution in [2.24, 2.45) is 10.7 Å². The highest BCUT2D eigenvalue weighted by molar-refractivity contribution is 5.78. The average Bonchev–Trinajstić information content (AvgIpc) is 3.12. The second-order valence-electron chi connectivity index (χ2n) is 6.64. The van der Waals surface area contributed by atoms with Crippen molar-refractivity contribution in [1.82, 2.24) is 5.32 Å². The fourth-order valence-corrected chi connectivity index (χ4v) is 3.39. The molecule has 0 amide bonds. The summed E-state index contributed by atoms with van der Waals surface area (Å²) in [6, 6.07) is 8.07. The molecule has 1 aliphatic heterocycles. The van der Waals surface area contributed by atoms with E-state index in [1.807, 2.05) is 24.3 Å². The molecule has 1 aliphatic carbocycles. The molecule has 0 radical (unpaired) electrons. The minimum Gasteiger partial charge on any atom is -0.493 e. The van der Waals surface area contributed by atoms with Crippen LogP contribution in [0.3, 0.4) is 0 Å². The number of nitrogens with one attached hydrogen (secondary N) is 1. The first-order chi connectivity index (χ1) is 12.2. The molecular formula is C19H27N3O3. The van der Waals surface area contributed by atoms with Crippen LogP contribution in [-0.4, -0.2) is 31.2 Å². The van der Waals surface area contributed by atoms with Crippen LogP contribution in [0.1, 0.15) is 56.6 Å². The first-order valence-corrected chi connectivity index (χ1v) is 9.20. The molecule has 1 saturated carbocycles. The van der Waals surface area contributed by atoms with Crippen molar-refractivity contribution in [3.8, 4) is 5.75 Å². The van der Waals surface area contributed by atoms with E-state index in [0.29, 0.717) is 32.0 Å². The van der Waals surface area contributed by atoms with Crippen molar-refractivity contribution in [3.05, 3.63) is 29.8 Å². The molecule has 0 aromatic heterocycles. The standard InChI is InChI=1S/C19H27N3O3/c20-19(21-12-5-10-18(23)25-14-6-1-2-7-14)22-16-11-13-24-17-9-4-3-8-15(16)17/h3-4,8-9,14,16H,1-2,5-7,10-13H2,(H3,20,21,22). The molecule has 136 valence electrons. The van der Waals surface area contributed by atoms with Gasteiger partial charge in [0.25, 0.3) is 0 Å². The number of nitrogens with two attached hydrogens (primary N) is 1. The van der Waals surface area contributed by atoms with Crippen LogP contribution in [0.15, 0.2) is 29.3 Å². The fourth-order valence-electron chi connectivity index (χ4n) is 3.39. The summed E-state index contributed by atoms with van der Waals surface area (Å²) in [5.74, 6) is 1.19. The number of nitrogens with zero attached hydrogens (tertiary/aromatic N) is 1. The molecule has 1 unspecified atom stereocenters. The van der Waals surface area contributed by atoms with Gasteiger partial charge in [0.05, 0.1) is 12.6 Å². The van der Waals surface area contributed by atoms with E-state index in [2.05, 4.69) is 10.3 Å². The zero-order valence-corrected chi connectivity index (χ0v) is 14.6. The SMILES string of the molecule is NC(=NCCCC(=O)OC1CCCC1)NC1CCOc2ccccc21. The van der Waals surface area contributed by atoms with Gasteiger partial charge in [-0.2, -0.15) is 0 Å². The number of benzene rings is 1. The topological polar surface area (TPSA) is 85.9 Å². The Hall–Kier alpha value is -2.24. The van der Waals surface area contributed by atoms with Crippen LogP contribution in [0.25, 0.3) is 0 Å². The number of rotatable bonds is 6. The molecule has 6 heteroatoms. The molecule has 1 fully saturated rings. The van der Waals surface area contributed by atoms with Gasteiger partial charge in [-0.25, -0.2) is 0 Å². The van der Waals surface area contributed by atoms with Gasteiger partial charge in [-0.1, -0.05) is 18.2 Å². The summed E-state index contributed by atoms with van der Waals surface area (Å²) in [6.07, 6.45) is 6.38. The smallest absolute Gasteiger partial charge is 0.306 e. The summed E-state index contributed by atoms with van der Waals surface area (Å²) in [5.41, 5.74) is 7.10. The Bertz CT molecular complexity index is 612. The summed E-state index contributed by atoms with van der Waals surface area (Å²) in [4.78, 5) is 16.1. The Balaban J connectivity index is 1.40. The lowest BCUT2D eigenvalue weighted by molar-refractivity contribution is -0.148. The number of hydrogen-bond acceptors (Lipinski definition) is 4. The first-order valence-electron chi connectivity index (χ1n) is 9.20. The van der Waals surface area contributed by atoms with Crippen LogP contribution in [0.4, 0.5) is 0 Å². The number of para-hydroxylation sites is 1. The van der Waals surface area contributed by atoms with E-state index in [1.165, 1.54) is 12.8 Å². The molecule has 25 heavy (non-hydrogen) atoms. The lowest BCUT2D eigenvalue weighted by Crippen LogP contribution is -2.37. The van der Waals surface area contributed by atoms with E-state index in [1.54, 1.807) is 0 Å². The van der Waals surface area contributed by atoms with Crippen molar-refractivity contribution in [2.75, 3.05) is 13.2 Å². The largest absolute Gasteiger partial charge is 0.493 e. The van der Waals surface area contributed by atoms with Crippen LogP contribution in [0, 0.1) is 0 Å². The molecular weight excluding hydrogens is 318 g/mol. The monoisotopic (exact) mass is 345 g/mol. The predicted molar refractivity (Wildman–Crippen MR) is 96.5 cm³/mol. The van der Waals surface area contributed by atoms with E-state index in [4.69, 9.17) is 15.2 Å². The maximum absolute atomic E-state index is 11.8. The highest BCUT2D eigenvalue weighted by Gasteiger charge is 2.21. The number of fused-ring (bicyclic) bond motifs is 1. The van der Waals surface area contributed by atoms with Gasteiger partial charge in [0.2, 0.25) is 0 Å². The molecule has 2 aliphatic rings. The molecule has 1 heterocycles. The summed E-state index contributed by atoms with van der Waals surface area (Å²) in [7, 11) is 0. The number of esters is 1. The normalized spacial score (nSPS) is 20.6. The first kappa shape index (κ1) is 17.6. The number of carbonyl (C=O) groups is 1. The third-order valence-corrected chi connectivity index (χ3v) is 4.70. The fraction of sp³-hybridized carbons (Fsp3) is 0.579. The summed E-state index contributed by atoms with van der Waals surface area (Å²) >= 11 is 0. The van der Waals surface area contributed by atoms with E-state index in [9.17, 15) is 4.79 Å². The van der Waals surface area contributed by atoms with Gasteiger partial charge in [0.15, 0.2) is 5.96 Å². The van der Waals surface area contributed by atoms with Crippen LogP contribution in [0.2, 0.25) is 0 Å². The molecule has 1 aromatic rings. The molecule has 3 rings (SSSR count). The summed E-state index contributed by atoms with van der Waals surface area (Å²) in [6.45, 7) is 1.18. The van der Waals surface area contributed by atoms with E-state index in [-0.39, 0.29) is 18.1 Å². The third kappa shape index (κ3) is 5.11. The molecule has 1 aromatic carbocycles. The highest BCUT2D eigenvalue weighted by Crippen LogP contribution is 2.31. The second kappa shape index (κ2) is 8.74. The van der Waals surface area contributed by atoms with Gasteiger partial charge in [-0.15, -0.1) is 0 Å². The quantitative estimate of drug-likeness (QED) is 0.358. The summed E-state index contributed by atoms with van der Waals surface area (Å²) < 4.78 is 11.1. The minimum atomic E-state index is -0.119. The lowest BCUT2D eigenvalue weighted by Gasteiger charge is -2.26. The van der Waals surface area contributed by atoms with Gasteiger partial charge in [-0.05, 0) is 38.2 Å². The van der Waals surface area contributed by atoms with Crippen molar-refractivity contribution >= 4 is 11.9 Å². The predicted octanol–water partition coefficient (Wildman–Crippen LogP) is 2.68. The summed E-state index contributed by atoms with van der Waals surface area (Å²) in [5, 5.41) is 3.25. The van der Waals surface area contributed by atoms with Crippen LogP contribution < -0.4 is 15.8 Å². The number of aliphatic imine (C=N–C) groups is 1. The Labute approximate surface area is 148 Å². The molecule has 6 nitrogen and oxygen atoms in total. The molecule has 0 saturated heterocycles. The van der Waals surface area contributed by atoms with Crippen LogP contribution in [-0.2, 0) is 9.53 Å². The number of carbonyl (C=O) groups excluding carboxylic acids is 1. The Morgan fingerprint density at radius 3 is 2.92 bits per heavy atom. The van der Waals surface area contributed by atoms with Gasteiger partial charge in [-0.3, -0.25) is 9.79 Å². The Morgan fingerprint density at radius 2 is 2.08 bits per heavy atom. The Kier molecular flexibility index (Phi) is 6.14. The van der Waals surface area contributed by atoms with Crippen molar-refractivity contribution in [2.45, 2.75) is 57.1 Å². The van der Waals surface area contributed by atoms with Crippen molar-refractivity contribution in [3.63, 3.8) is 0 Å². The molecule has 1 atom stereocenters. The zero-order chi connectivity index (χ0) is 17.5. The van der Waals surface area contributed by atoms with E-state index >= 15 is 0 Å². The number of guanidine groups is 1. The van der Waals surface area contributed by atoms with Gasteiger partial charge in [0.1, 0.15) is 11.9 Å². The minimum absolute atomic E-state index is 0.112. The average molecular weight is 345 g/mol.